The average molecular weight is 278 g/mol. The molecule has 0 saturated heterocycles. The van der Waals surface area contributed by atoms with Crippen molar-refractivity contribution in [3.8, 4) is 0 Å². The molecule has 0 aromatic heterocycles. The predicted molar refractivity (Wildman–Crippen MR) is 82.8 cm³/mol. The Bertz CT molecular complexity index is 354. The molecule has 2 heteroatoms. The molecule has 0 amide bonds. The van der Waals surface area contributed by atoms with E-state index < -0.39 is 5.60 Å². The standard InChI is InChI=1S/C18H30O2/c1-3-20-18(13-9-10-15(2)14-18)17(19)16-11-7-5-4-6-8-12-16/h11,15H,3-10,12-14H2,1-2H3. The third-order valence-corrected chi connectivity index (χ3v) is 4.87. The number of hydrogen-bond acceptors (Lipinski definition) is 2. The highest BCUT2D eigenvalue weighted by atomic mass is 16.5. The summed E-state index contributed by atoms with van der Waals surface area (Å²) >= 11 is 0. The van der Waals surface area contributed by atoms with E-state index in [4.69, 9.17) is 4.74 Å². The molecule has 20 heavy (non-hydrogen) atoms. The summed E-state index contributed by atoms with van der Waals surface area (Å²) in [5.41, 5.74) is 0.560. The molecule has 0 N–H and O–H groups in total. The summed E-state index contributed by atoms with van der Waals surface area (Å²) in [6.45, 7) is 4.92. The SMILES string of the molecule is CCOC1(C(=O)C2=CCCCCCC2)CCCC(C)C1. The Kier molecular flexibility index (Phi) is 5.83. The van der Waals surface area contributed by atoms with Gasteiger partial charge in [-0.3, -0.25) is 4.79 Å². The van der Waals surface area contributed by atoms with Gasteiger partial charge >= 0.3 is 0 Å². The molecule has 2 atom stereocenters. The lowest BCUT2D eigenvalue weighted by Gasteiger charge is -2.39. The Hall–Kier alpha value is -0.630. The van der Waals surface area contributed by atoms with Crippen molar-refractivity contribution < 1.29 is 9.53 Å². The minimum atomic E-state index is -0.503. The molecule has 0 bridgehead atoms. The van der Waals surface area contributed by atoms with Gasteiger partial charge < -0.3 is 4.74 Å². The van der Waals surface area contributed by atoms with Crippen LogP contribution in [0.1, 0.15) is 78.1 Å². The van der Waals surface area contributed by atoms with Gasteiger partial charge in [0, 0.05) is 6.61 Å². The van der Waals surface area contributed by atoms with Crippen LogP contribution in [-0.4, -0.2) is 18.0 Å². The third kappa shape index (κ3) is 3.72. The predicted octanol–water partition coefficient (Wildman–Crippen LogP) is 4.82. The summed E-state index contributed by atoms with van der Waals surface area (Å²) in [5, 5.41) is 0. The maximum atomic E-state index is 13.1. The molecule has 0 aromatic rings. The lowest BCUT2D eigenvalue weighted by molar-refractivity contribution is -0.147. The van der Waals surface area contributed by atoms with Gasteiger partial charge in [0.05, 0.1) is 0 Å². The molecule has 2 nitrogen and oxygen atoms in total. The first-order chi connectivity index (χ1) is 9.68. The van der Waals surface area contributed by atoms with Gasteiger partial charge in [0.1, 0.15) is 5.60 Å². The van der Waals surface area contributed by atoms with Crippen LogP contribution in [0.3, 0.4) is 0 Å². The molecule has 114 valence electrons. The van der Waals surface area contributed by atoms with Crippen LogP contribution >= 0.6 is 0 Å². The monoisotopic (exact) mass is 278 g/mol. The third-order valence-electron chi connectivity index (χ3n) is 4.87. The lowest BCUT2D eigenvalue weighted by atomic mass is 9.73. The van der Waals surface area contributed by atoms with Gasteiger partial charge in [0.25, 0.3) is 0 Å². The molecule has 0 aromatic carbocycles. The smallest absolute Gasteiger partial charge is 0.190 e. The van der Waals surface area contributed by atoms with Crippen molar-refractivity contribution in [2.45, 2.75) is 83.7 Å². The summed E-state index contributed by atoms with van der Waals surface area (Å²) in [6, 6.07) is 0. The van der Waals surface area contributed by atoms with E-state index in [1.54, 1.807) is 0 Å². The van der Waals surface area contributed by atoms with Gasteiger partial charge in [0.15, 0.2) is 5.78 Å². The molecule has 0 heterocycles. The Labute approximate surface area is 124 Å². The van der Waals surface area contributed by atoms with Gasteiger partial charge in [-0.2, -0.15) is 0 Å². The van der Waals surface area contributed by atoms with Gasteiger partial charge in [-0.25, -0.2) is 0 Å². The zero-order chi connectivity index (χ0) is 14.4. The van der Waals surface area contributed by atoms with Crippen molar-refractivity contribution in [1.29, 1.82) is 0 Å². The summed E-state index contributed by atoms with van der Waals surface area (Å²) in [7, 11) is 0. The maximum Gasteiger partial charge on any atom is 0.190 e. The second-order valence-corrected chi connectivity index (χ2v) is 6.64. The van der Waals surface area contributed by atoms with Crippen molar-refractivity contribution >= 4 is 5.78 Å². The van der Waals surface area contributed by atoms with Crippen LogP contribution < -0.4 is 0 Å². The maximum absolute atomic E-state index is 13.1. The van der Waals surface area contributed by atoms with Crippen LogP contribution in [0, 0.1) is 5.92 Å². The van der Waals surface area contributed by atoms with Crippen molar-refractivity contribution in [1.82, 2.24) is 0 Å². The molecule has 2 unspecified atom stereocenters. The Morgan fingerprint density at radius 1 is 1.30 bits per heavy atom. The number of carbonyl (C=O) groups excluding carboxylic acids is 1. The number of allylic oxidation sites excluding steroid dienone is 1. The van der Waals surface area contributed by atoms with E-state index in [-0.39, 0.29) is 0 Å². The molecule has 2 aliphatic rings. The quantitative estimate of drug-likeness (QED) is 0.737. The second-order valence-electron chi connectivity index (χ2n) is 6.64. The summed E-state index contributed by atoms with van der Waals surface area (Å²) < 4.78 is 6.04. The van der Waals surface area contributed by atoms with Crippen LogP contribution in [0.4, 0.5) is 0 Å². The largest absolute Gasteiger partial charge is 0.367 e. The number of ether oxygens (including phenoxy) is 1. The normalized spacial score (nSPS) is 32.1. The highest BCUT2D eigenvalue weighted by Crippen LogP contribution is 2.38. The summed E-state index contributed by atoms with van der Waals surface area (Å²) in [4.78, 5) is 13.1. The number of hydrogen-bond donors (Lipinski definition) is 0. The molecule has 0 aliphatic heterocycles. The van der Waals surface area contributed by atoms with Crippen molar-refractivity contribution in [3.05, 3.63) is 11.6 Å². The highest BCUT2D eigenvalue weighted by Gasteiger charge is 2.43. The molecular weight excluding hydrogens is 248 g/mol. The van der Waals surface area contributed by atoms with Crippen LogP contribution in [-0.2, 0) is 9.53 Å². The zero-order valence-electron chi connectivity index (χ0n) is 13.2. The van der Waals surface area contributed by atoms with Crippen molar-refractivity contribution in [3.63, 3.8) is 0 Å². The van der Waals surface area contributed by atoms with E-state index in [2.05, 4.69) is 13.0 Å². The van der Waals surface area contributed by atoms with E-state index in [1.807, 2.05) is 6.92 Å². The Morgan fingerprint density at radius 3 is 2.85 bits per heavy atom. The lowest BCUT2D eigenvalue weighted by Crippen LogP contribution is -2.46. The first-order valence-electron chi connectivity index (χ1n) is 8.56. The van der Waals surface area contributed by atoms with Crippen LogP contribution in [0.25, 0.3) is 0 Å². The zero-order valence-corrected chi connectivity index (χ0v) is 13.2. The topological polar surface area (TPSA) is 26.3 Å². The number of rotatable bonds is 4. The van der Waals surface area contributed by atoms with E-state index in [0.29, 0.717) is 18.3 Å². The fourth-order valence-electron chi connectivity index (χ4n) is 3.87. The van der Waals surface area contributed by atoms with Gasteiger partial charge in [0.2, 0.25) is 0 Å². The Balaban J connectivity index is 2.16. The van der Waals surface area contributed by atoms with E-state index >= 15 is 0 Å². The molecule has 1 saturated carbocycles. The van der Waals surface area contributed by atoms with Crippen LogP contribution in [0.15, 0.2) is 11.6 Å². The van der Waals surface area contributed by atoms with E-state index in [1.165, 1.54) is 25.7 Å². The highest BCUT2D eigenvalue weighted by molar-refractivity contribution is 6.02. The van der Waals surface area contributed by atoms with E-state index in [0.717, 1.165) is 44.1 Å². The summed E-state index contributed by atoms with van der Waals surface area (Å²) in [5.74, 6) is 0.918. The second kappa shape index (κ2) is 7.40. The molecule has 0 radical (unpaired) electrons. The van der Waals surface area contributed by atoms with Gasteiger partial charge in [-0.15, -0.1) is 0 Å². The number of ketones is 1. The minimum Gasteiger partial charge on any atom is -0.367 e. The van der Waals surface area contributed by atoms with Gasteiger partial charge in [-0.1, -0.05) is 32.3 Å². The molecule has 0 spiro atoms. The van der Waals surface area contributed by atoms with E-state index in [9.17, 15) is 4.79 Å². The Morgan fingerprint density at radius 2 is 2.10 bits per heavy atom. The average Bonchev–Trinajstić information content (AvgIpc) is 2.38. The molecule has 2 rings (SSSR count). The van der Waals surface area contributed by atoms with Crippen molar-refractivity contribution in [2.24, 2.45) is 5.92 Å². The fraction of sp³-hybridized carbons (Fsp3) is 0.833. The number of Topliss-reactive ketones (excluding diaryl/α,β-unsaturated/α-hetero) is 1. The van der Waals surface area contributed by atoms with Crippen LogP contribution in [0.5, 0.6) is 0 Å². The minimum absolute atomic E-state index is 0.313. The first-order valence-corrected chi connectivity index (χ1v) is 8.56. The first kappa shape index (κ1) is 15.8. The van der Waals surface area contributed by atoms with Crippen molar-refractivity contribution in [2.75, 3.05) is 6.61 Å². The number of carbonyl (C=O) groups is 1. The summed E-state index contributed by atoms with van der Waals surface area (Å²) in [6.07, 6.45) is 13.4. The molecule has 1 fully saturated rings. The van der Waals surface area contributed by atoms with Crippen LogP contribution in [0.2, 0.25) is 0 Å². The molecular formula is C18H30O2. The van der Waals surface area contributed by atoms with Gasteiger partial charge in [-0.05, 0) is 63.4 Å². The molecule has 2 aliphatic carbocycles. The fourth-order valence-corrected chi connectivity index (χ4v) is 3.87.